The quantitative estimate of drug-likeness (QED) is 0.132. The molecule has 38 heavy (non-hydrogen) atoms. The highest BCUT2D eigenvalue weighted by Gasteiger charge is 2.55. The molecule has 4 aromatic carbocycles. The van der Waals surface area contributed by atoms with E-state index in [1.165, 1.54) is 12.3 Å². The van der Waals surface area contributed by atoms with Crippen LogP contribution in [0, 0.1) is 5.95 Å². The van der Waals surface area contributed by atoms with Gasteiger partial charge in [0.15, 0.2) is 0 Å². The van der Waals surface area contributed by atoms with Crippen molar-refractivity contribution in [1.29, 1.82) is 0 Å². The molecular weight excluding hydrogens is 471 g/mol. The fourth-order valence-corrected chi connectivity index (χ4v) is 5.54. The Hall–Kier alpha value is -4.57. The summed E-state index contributed by atoms with van der Waals surface area (Å²) in [5, 5.41) is 0. The topological polar surface area (TPSA) is 25.1 Å². The zero-order valence-corrected chi connectivity index (χ0v) is 21.4. The molecule has 1 aromatic heterocycles. The summed E-state index contributed by atoms with van der Waals surface area (Å²) in [6.07, 6.45) is 1.57. The van der Waals surface area contributed by atoms with Gasteiger partial charge in [0, 0.05) is 41.1 Å². The zero-order valence-electron chi connectivity index (χ0n) is 21.4. The molecule has 186 valence electrons. The van der Waals surface area contributed by atoms with Gasteiger partial charge in [0.05, 0.1) is 11.7 Å². The van der Waals surface area contributed by atoms with Crippen molar-refractivity contribution in [3.8, 4) is 5.75 Å². The van der Waals surface area contributed by atoms with E-state index in [0.29, 0.717) is 0 Å². The number of aromatic nitrogens is 1. The molecule has 0 amide bonds. The Morgan fingerprint density at radius 2 is 1.26 bits per heavy atom. The smallest absolute Gasteiger partial charge is 0.245 e. The molecule has 0 N–H and O–H groups in total. The van der Waals surface area contributed by atoms with Gasteiger partial charge >= 0.3 is 0 Å². The molecule has 1 aliphatic heterocycles. The summed E-state index contributed by atoms with van der Waals surface area (Å²) in [6, 6.07) is 41.1. The lowest BCUT2D eigenvalue weighted by molar-refractivity contribution is -0.527. The van der Waals surface area contributed by atoms with E-state index in [9.17, 15) is 4.39 Å². The van der Waals surface area contributed by atoms with Crippen molar-refractivity contribution in [3.05, 3.63) is 161 Å². The zero-order chi connectivity index (χ0) is 26.1. The van der Waals surface area contributed by atoms with Gasteiger partial charge in [-0.05, 0) is 26.0 Å². The summed E-state index contributed by atoms with van der Waals surface area (Å²) >= 11 is 0. The minimum atomic E-state index is -0.716. The summed E-state index contributed by atoms with van der Waals surface area (Å²) in [6.45, 7) is 4.03. The summed E-state index contributed by atoms with van der Waals surface area (Å²) in [4.78, 5) is 3.83. The molecule has 0 saturated heterocycles. The van der Waals surface area contributed by atoms with Crippen LogP contribution in [0.2, 0.25) is 0 Å². The van der Waals surface area contributed by atoms with Crippen molar-refractivity contribution in [1.82, 2.24) is 4.98 Å². The molecule has 0 saturated carbocycles. The van der Waals surface area contributed by atoms with Gasteiger partial charge in [0.25, 0.3) is 0 Å². The maximum absolute atomic E-state index is 14.5. The Labute approximate surface area is 222 Å². The molecule has 0 aliphatic carbocycles. The molecule has 2 heterocycles. The van der Waals surface area contributed by atoms with Crippen LogP contribution in [-0.4, -0.2) is 21.4 Å². The number of pyridine rings is 1. The first-order valence-electron chi connectivity index (χ1n) is 12.9. The summed E-state index contributed by atoms with van der Waals surface area (Å²) in [7, 11) is 0. The van der Waals surface area contributed by atoms with E-state index < -0.39 is 11.5 Å². The van der Waals surface area contributed by atoms with Gasteiger partial charge in [-0.2, -0.15) is 8.97 Å². The van der Waals surface area contributed by atoms with Crippen molar-refractivity contribution in [2.75, 3.05) is 0 Å². The van der Waals surface area contributed by atoms with Gasteiger partial charge in [0.1, 0.15) is 11.3 Å². The molecule has 6 rings (SSSR count). The minimum Gasteiger partial charge on any atom is -0.491 e. The number of ether oxygens (including phenoxy) is 1. The van der Waals surface area contributed by atoms with Crippen molar-refractivity contribution >= 4 is 11.4 Å². The predicted molar refractivity (Wildman–Crippen MR) is 149 cm³/mol. The fraction of sp³-hybridized carbons (Fsp3) is 0.118. The second kappa shape index (κ2) is 9.71. The highest BCUT2D eigenvalue weighted by atomic mass is 19.1. The fourth-order valence-electron chi connectivity index (χ4n) is 5.54. The minimum absolute atomic E-state index is 0.0445. The normalized spacial score (nSPS) is 12.7. The molecule has 0 atom stereocenters. The van der Waals surface area contributed by atoms with Crippen molar-refractivity contribution in [3.63, 3.8) is 0 Å². The van der Waals surface area contributed by atoms with E-state index in [1.54, 1.807) is 0 Å². The first-order chi connectivity index (χ1) is 18.6. The van der Waals surface area contributed by atoms with Gasteiger partial charge in [-0.3, -0.25) is 0 Å². The Kier molecular flexibility index (Phi) is 6.09. The van der Waals surface area contributed by atoms with E-state index in [1.807, 2.05) is 44.2 Å². The summed E-state index contributed by atoms with van der Waals surface area (Å²) in [5.41, 5.74) is 6.36. The third-order valence-electron chi connectivity index (χ3n) is 6.97. The van der Waals surface area contributed by atoms with Crippen LogP contribution < -0.4 is 4.74 Å². The first-order valence-corrected chi connectivity index (χ1v) is 12.9. The lowest BCUT2D eigenvalue weighted by Crippen LogP contribution is -2.47. The molecule has 0 spiro atoms. The van der Waals surface area contributed by atoms with E-state index in [4.69, 9.17) is 4.74 Å². The predicted octanol–water partition coefficient (Wildman–Crippen LogP) is 7.50. The highest BCUT2D eigenvalue weighted by Crippen LogP contribution is 2.49. The second-order valence-electron chi connectivity index (χ2n) is 9.71. The van der Waals surface area contributed by atoms with Gasteiger partial charge in [-0.25, -0.2) is 4.98 Å². The molecule has 4 heteroatoms. The molecular formula is C34H28FN2O+. The number of hydrogen-bond acceptors (Lipinski definition) is 2. The van der Waals surface area contributed by atoms with Gasteiger partial charge in [0.2, 0.25) is 22.9 Å². The maximum atomic E-state index is 14.5. The lowest BCUT2D eigenvalue weighted by Gasteiger charge is -2.38. The van der Waals surface area contributed by atoms with E-state index in [-0.39, 0.29) is 6.10 Å². The second-order valence-corrected chi connectivity index (χ2v) is 9.71. The SMILES string of the molecule is CC(C)Oc1ccc2c(c1)C(c1ccnc(F)c1)=[N+]2C(c1ccccc1)(c1ccccc1)c1ccccc1. The number of rotatable bonds is 7. The van der Waals surface area contributed by atoms with Crippen LogP contribution in [0.5, 0.6) is 5.75 Å². The van der Waals surface area contributed by atoms with E-state index >= 15 is 0 Å². The molecule has 0 bridgehead atoms. The molecule has 0 unspecified atom stereocenters. The Bertz CT molecular complexity index is 1520. The van der Waals surface area contributed by atoms with Crippen LogP contribution in [0.25, 0.3) is 0 Å². The third kappa shape index (κ3) is 3.90. The lowest BCUT2D eigenvalue weighted by atomic mass is 9.73. The van der Waals surface area contributed by atoms with Crippen LogP contribution >= 0.6 is 0 Å². The van der Waals surface area contributed by atoms with Crippen LogP contribution in [0.15, 0.2) is 128 Å². The number of nitrogens with zero attached hydrogens (tertiary/aromatic N) is 2. The molecule has 0 fully saturated rings. The Morgan fingerprint density at radius 3 is 1.76 bits per heavy atom. The van der Waals surface area contributed by atoms with Crippen LogP contribution in [0.4, 0.5) is 10.1 Å². The number of halogens is 1. The standard InChI is InChI=1S/C34H28FN2O/c1-24(2)38-29-18-19-31-30(23-29)33(25-20-21-36-32(35)22-25)37(31)34(26-12-6-3-7-13-26,27-14-8-4-9-15-27)28-16-10-5-11-17-28/h3-24H,1-2H3/q+1. The maximum Gasteiger partial charge on any atom is 0.245 e. The number of fused-ring (bicyclic) bond motifs is 1. The largest absolute Gasteiger partial charge is 0.491 e. The average Bonchev–Trinajstić information content (AvgIpc) is 2.94. The van der Waals surface area contributed by atoms with Crippen molar-refractivity contribution < 1.29 is 13.7 Å². The summed E-state index contributed by atoms with van der Waals surface area (Å²) in [5.74, 6) is 0.276. The van der Waals surface area contributed by atoms with E-state index in [2.05, 4.69) is 94.5 Å². The van der Waals surface area contributed by atoms with Crippen LogP contribution in [-0.2, 0) is 5.54 Å². The average molecular weight is 500 g/mol. The van der Waals surface area contributed by atoms with Gasteiger partial charge in [-0.15, -0.1) is 0 Å². The van der Waals surface area contributed by atoms with Gasteiger partial charge < -0.3 is 4.74 Å². The molecule has 3 nitrogen and oxygen atoms in total. The first kappa shape index (κ1) is 23.8. The molecule has 1 aliphatic rings. The van der Waals surface area contributed by atoms with Crippen molar-refractivity contribution in [2.45, 2.75) is 25.5 Å². The highest BCUT2D eigenvalue weighted by molar-refractivity contribution is 6.16. The number of hydrogen-bond donors (Lipinski definition) is 0. The molecule has 0 radical (unpaired) electrons. The van der Waals surface area contributed by atoms with Crippen LogP contribution in [0.3, 0.4) is 0 Å². The number of benzene rings is 4. The summed E-state index contributed by atoms with van der Waals surface area (Å²) < 4.78 is 22.9. The third-order valence-corrected chi connectivity index (χ3v) is 6.97. The molecule has 5 aromatic rings. The van der Waals surface area contributed by atoms with Crippen LogP contribution in [0.1, 0.15) is 41.7 Å². The Balaban J connectivity index is 1.74. The monoisotopic (exact) mass is 499 g/mol. The van der Waals surface area contributed by atoms with Gasteiger partial charge in [-0.1, -0.05) is 91.0 Å². The van der Waals surface area contributed by atoms with Crippen molar-refractivity contribution in [2.24, 2.45) is 0 Å². The van der Waals surface area contributed by atoms with E-state index in [0.717, 1.165) is 45.0 Å². The Morgan fingerprint density at radius 1 is 0.711 bits per heavy atom.